The van der Waals surface area contributed by atoms with Crippen molar-refractivity contribution in [2.24, 2.45) is 0 Å². The molecule has 0 aliphatic heterocycles. The minimum absolute atomic E-state index is 0.201. The molecule has 0 spiro atoms. The molecule has 2 aromatic heterocycles. The number of pyridine rings is 1. The molecule has 3 aromatic rings. The number of rotatable bonds is 5. The van der Waals surface area contributed by atoms with Crippen LogP contribution < -0.4 is 4.74 Å². The first-order chi connectivity index (χ1) is 12.3. The van der Waals surface area contributed by atoms with E-state index in [4.69, 9.17) is 32.0 Å². The zero-order valence-electron chi connectivity index (χ0n) is 13.7. The van der Waals surface area contributed by atoms with E-state index in [2.05, 4.69) is 10.1 Å². The van der Waals surface area contributed by atoms with Crippen molar-refractivity contribution in [3.8, 4) is 17.0 Å². The quantitative estimate of drug-likeness (QED) is 0.646. The topological polar surface area (TPSA) is 39.9 Å². The van der Waals surface area contributed by atoms with Crippen LogP contribution in [0.1, 0.15) is 17.8 Å². The highest BCUT2D eigenvalue weighted by Crippen LogP contribution is 2.33. The second-order valence-corrected chi connectivity index (χ2v) is 6.05. The predicted molar refractivity (Wildman–Crippen MR) is 97.0 cm³/mol. The number of halogens is 3. The van der Waals surface area contributed by atoms with Gasteiger partial charge in [-0.1, -0.05) is 23.7 Å². The number of methoxy groups -OCH3 is 1. The van der Waals surface area contributed by atoms with E-state index in [0.29, 0.717) is 26.7 Å². The van der Waals surface area contributed by atoms with E-state index in [1.807, 2.05) is 6.07 Å². The lowest BCUT2D eigenvalue weighted by Gasteiger charge is -2.25. The van der Waals surface area contributed by atoms with Gasteiger partial charge in [-0.15, -0.1) is 0 Å². The van der Waals surface area contributed by atoms with Gasteiger partial charge in [0.2, 0.25) is 0 Å². The van der Waals surface area contributed by atoms with E-state index in [0.717, 1.165) is 6.20 Å². The van der Waals surface area contributed by atoms with Gasteiger partial charge in [0, 0.05) is 22.5 Å². The van der Waals surface area contributed by atoms with E-state index in [1.54, 1.807) is 30.3 Å². The molecule has 3 rings (SSSR count). The minimum Gasteiger partial charge on any atom is -0.494 e. The van der Waals surface area contributed by atoms with E-state index in [-0.39, 0.29) is 11.3 Å². The molecule has 0 aliphatic carbocycles. The monoisotopic (exact) mass is 369 g/mol. The summed E-state index contributed by atoms with van der Waals surface area (Å²) < 4.78 is 31.4. The first kappa shape index (κ1) is 18.5. The third-order valence-corrected chi connectivity index (χ3v) is 4.11. The molecule has 128 valence electrons. The fourth-order valence-corrected chi connectivity index (χ4v) is 2.68. The summed E-state index contributed by atoms with van der Waals surface area (Å²) in [6, 6.07) is 10.3. The van der Waals surface area contributed by atoms with Crippen molar-refractivity contribution in [2.45, 2.75) is 11.8 Å². The molecule has 0 amide bonds. The Morgan fingerprint density at radius 3 is 2.62 bits per heavy atom. The Morgan fingerprint density at radius 1 is 1.23 bits per heavy atom. The van der Waals surface area contributed by atoms with Gasteiger partial charge in [0.15, 0.2) is 0 Å². The van der Waals surface area contributed by atoms with Gasteiger partial charge in [0.25, 0.3) is 0 Å². The number of hydrogen-bond donors (Lipinski definition) is 0. The van der Waals surface area contributed by atoms with Gasteiger partial charge in [-0.05, 0) is 35.0 Å². The second-order valence-electron chi connectivity index (χ2n) is 5.61. The molecule has 2 heterocycles. The average Bonchev–Trinajstić information content (AvgIpc) is 3.12. The van der Waals surface area contributed by atoms with Gasteiger partial charge < -0.3 is 4.74 Å². The van der Waals surface area contributed by atoms with Crippen molar-refractivity contribution in [3.05, 3.63) is 65.1 Å². The van der Waals surface area contributed by atoms with Gasteiger partial charge in [0.1, 0.15) is 11.4 Å². The smallest absolute Gasteiger partial charge is 0.333 e. The number of aromatic nitrogens is 3. The molecule has 0 N–H and O–H groups in total. The Kier molecular flexibility index (Phi) is 5.05. The summed E-state index contributed by atoms with van der Waals surface area (Å²) in [7, 11) is 13.9. The Morgan fingerprint density at radius 2 is 2.00 bits per heavy atom. The van der Waals surface area contributed by atoms with Gasteiger partial charge in [0.05, 0.1) is 29.0 Å². The Balaban J connectivity index is 2.08. The second kappa shape index (κ2) is 7.11. The summed E-state index contributed by atoms with van der Waals surface area (Å²) in [6.45, 7) is -2.79. The van der Waals surface area contributed by atoms with Crippen LogP contribution in [0.25, 0.3) is 11.3 Å². The van der Waals surface area contributed by atoms with Crippen LogP contribution in [0.5, 0.6) is 5.75 Å². The fraction of sp³-hybridized carbons (Fsp3) is 0.176. The molecule has 9 heteroatoms. The molecule has 0 saturated carbocycles. The van der Waals surface area contributed by atoms with Crippen LogP contribution in [-0.2, 0) is 5.21 Å². The van der Waals surface area contributed by atoms with Crippen molar-refractivity contribution in [1.82, 2.24) is 14.8 Å². The van der Waals surface area contributed by atoms with Gasteiger partial charge in [-0.25, -0.2) is 9.67 Å². The van der Waals surface area contributed by atoms with Crippen LogP contribution >= 0.6 is 11.6 Å². The molecule has 4 nitrogen and oxygen atoms in total. The SMILES string of the molecule is [B]C([B])(c1cnn(C(F)F)c1)c1ccc(OC)c(-c2cccc(Cl)c2)n1. The summed E-state index contributed by atoms with van der Waals surface area (Å²) in [6.07, 6.45) is 2.28. The molecule has 26 heavy (non-hydrogen) atoms. The number of nitrogens with zero attached hydrogens (tertiary/aromatic N) is 3. The predicted octanol–water partition coefficient (Wildman–Crippen LogP) is 3.54. The van der Waals surface area contributed by atoms with Gasteiger partial charge in [-0.3, -0.25) is 0 Å². The van der Waals surface area contributed by atoms with Crippen molar-refractivity contribution in [2.75, 3.05) is 7.11 Å². The molecular formula is C17H12B2ClF2N3O. The largest absolute Gasteiger partial charge is 0.494 e. The summed E-state index contributed by atoms with van der Waals surface area (Å²) in [5, 5.41) is 2.48. The van der Waals surface area contributed by atoms with Crippen LogP contribution in [0, 0.1) is 0 Å². The summed E-state index contributed by atoms with van der Waals surface area (Å²) in [5.41, 5.74) is 1.65. The molecule has 0 saturated heterocycles. The molecule has 0 aliphatic rings. The third-order valence-electron chi connectivity index (χ3n) is 3.88. The maximum Gasteiger partial charge on any atom is 0.333 e. The lowest BCUT2D eigenvalue weighted by Crippen LogP contribution is -2.29. The van der Waals surface area contributed by atoms with E-state index < -0.39 is 11.8 Å². The molecule has 0 atom stereocenters. The molecular weight excluding hydrogens is 357 g/mol. The highest BCUT2D eigenvalue weighted by molar-refractivity contribution is 6.42. The number of benzene rings is 1. The molecule has 0 fully saturated rings. The van der Waals surface area contributed by atoms with Crippen LogP contribution in [0.2, 0.25) is 5.02 Å². The van der Waals surface area contributed by atoms with Crippen LogP contribution in [0.15, 0.2) is 48.8 Å². The Labute approximate surface area is 157 Å². The van der Waals surface area contributed by atoms with Crippen LogP contribution in [0.3, 0.4) is 0 Å². The normalized spacial score (nSPS) is 11.7. The maximum absolute atomic E-state index is 12.8. The van der Waals surface area contributed by atoms with E-state index in [1.165, 1.54) is 13.3 Å². The Hall–Kier alpha value is -2.34. The van der Waals surface area contributed by atoms with Crippen molar-refractivity contribution < 1.29 is 13.5 Å². The molecule has 1 aromatic carbocycles. The van der Waals surface area contributed by atoms with E-state index in [9.17, 15) is 8.78 Å². The average molecular weight is 369 g/mol. The highest BCUT2D eigenvalue weighted by atomic mass is 35.5. The zero-order chi connectivity index (χ0) is 18.9. The lowest BCUT2D eigenvalue weighted by atomic mass is 9.50. The molecule has 4 radical (unpaired) electrons. The summed E-state index contributed by atoms with van der Waals surface area (Å²) in [5.74, 6) is 0.495. The van der Waals surface area contributed by atoms with Crippen LogP contribution in [-0.4, -0.2) is 37.6 Å². The molecule has 0 unspecified atom stereocenters. The zero-order valence-corrected chi connectivity index (χ0v) is 14.5. The van der Waals surface area contributed by atoms with Crippen molar-refractivity contribution in [3.63, 3.8) is 0 Å². The summed E-state index contributed by atoms with van der Waals surface area (Å²) in [4.78, 5) is 4.50. The van der Waals surface area contributed by atoms with Crippen LogP contribution in [0.4, 0.5) is 8.78 Å². The van der Waals surface area contributed by atoms with Crippen molar-refractivity contribution >= 4 is 27.3 Å². The van der Waals surface area contributed by atoms with E-state index >= 15 is 0 Å². The fourth-order valence-electron chi connectivity index (χ4n) is 2.49. The van der Waals surface area contributed by atoms with Crippen molar-refractivity contribution in [1.29, 1.82) is 0 Å². The number of hydrogen-bond acceptors (Lipinski definition) is 3. The first-order valence-corrected chi connectivity index (χ1v) is 7.92. The summed E-state index contributed by atoms with van der Waals surface area (Å²) >= 11 is 6.05. The highest BCUT2D eigenvalue weighted by Gasteiger charge is 2.27. The Bertz CT molecular complexity index is 934. The number of ether oxygens (including phenoxy) is 1. The minimum atomic E-state index is -2.79. The number of alkyl halides is 2. The lowest BCUT2D eigenvalue weighted by molar-refractivity contribution is 0.0565. The standard InChI is InChI=1S/C17H12B2ClF2N3O/c1-26-13-5-6-14(24-15(13)10-3-2-4-12(20)7-10)17(18,19)11-8-23-25(9-11)16(21)22/h2-9,16H,1H3. The molecule has 0 bridgehead atoms. The third kappa shape index (κ3) is 3.46. The first-order valence-electron chi connectivity index (χ1n) is 7.55. The van der Waals surface area contributed by atoms with Gasteiger partial charge >= 0.3 is 6.55 Å². The van der Waals surface area contributed by atoms with Gasteiger partial charge in [-0.2, -0.15) is 13.9 Å². The maximum atomic E-state index is 12.8.